The van der Waals surface area contributed by atoms with Gasteiger partial charge in [0, 0.05) is 12.6 Å². The van der Waals surface area contributed by atoms with E-state index in [4.69, 9.17) is 10.5 Å². The molecule has 2 N–H and O–H groups in total. The van der Waals surface area contributed by atoms with E-state index in [1.165, 1.54) is 18.4 Å². The number of nitrogens with two attached hydrogens (primary N) is 1. The molecular formula is C11H21NO. The van der Waals surface area contributed by atoms with E-state index in [1.54, 1.807) is 0 Å². The predicted octanol–water partition coefficient (Wildman–Crippen LogP) is 2.09. The summed E-state index contributed by atoms with van der Waals surface area (Å²) in [5.74, 6) is 0.713. The zero-order chi connectivity index (χ0) is 9.84. The van der Waals surface area contributed by atoms with Gasteiger partial charge in [-0.25, -0.2) is 0 Å². The third-order valence-electron chi connectivity index (χ3n) is 2.35. The zero-order valence-corrected chi connectivity index (χ0v) is 8.92. The van der Waals surface area contributed by atoms with Gasteiger partial charge in [0.05, 0.1) is 6.10 Å². The van der Waals surface area contributed by atoms with Crippen LogP contribution in [0.4, 0.5) is 0 Å². The van der Waals surface area contributed by atoms with Crippen LogP contribution < -0.4 is 5.73 Å². The molecule has 0 heterocycles. The van der Waals surface area contributed by atoms with E-state index in [0.717, 1.165) is 6.61 Å². The molecule has 0 aliphatic heterocycles. The molecule has 0 amide bonds. The molecule has 2 unspecified atom stereocenters. The predicted molar refractivity (Wildman–Crippen MR) is 55.5 cm³/mol. The van der Waals surface area contributed by atoms with E-state index in [0.29, 0.717) is 5.92 Å². The molecule has 13 heavy (non-hydrogen) atoms. The largest absolute Gasteiger partial charge is 0.376 e. The molecule has 0 aromatic carbocycles. The molecule has 1 fully saturated rings. The van der Waals surface area contributed by atoms with Crippen molar-refractivity contribution in [1.82, 2.24) is 0 Å². The summed E-state index contributed by atoms with van der Waals surface area (Å²) in [4.78, 5) is 0. The van der Waals surface area contributed by atoms with Crippen molar-refractivity contribution in [3.05, 3.63) is 11.6 Å². The fourth-order valence-corrected chi connectivity index (χ4v) is 1.66. The summed E-state index contributed by atoms with van der Waals surface area (Å²) >= 11 is 0. The van der Waals surface area contributed by atoms with Gasteiger partial charge in [-0.2, -0.15) is 0 Å². The van der Waals surface area contributed by atoms with Gasteiger partial charge in [-0.3, -0.25) is 0 Å². The van der Waals surface area contributed by atoms with Crippen LogP contribution in [-0.4, -0.2) is 18.8 Å². The standard InChI is InChI=1S/C11H21NO/c1-4-13-11(9-5-6-9)10(12)7-8(2)3/h7,9-11H,4-6,12H2,1-3H3. The van der Waals surface area contributed by atoms with Gasteiger partial charge in [-0.05, 0) is 39.5 Å². The van der Waals surface area contributed by atoms with Crippen molar-refractivity contribution < 1.29 is 4.74 Å². The summed E-state index contributed by atoms with van der Waals surface area (Å²) in [6.07, 6.45) is 4.93. The van der Waals surface area contributed by atoms with Crippen LogP contribution >= 0.6 is 0 Å². The average molecular weight is 183 g/mol. The summed E-state index contributed by atoms with van der Waals surface area (Å²) in [7, 11) is 0. The molecule has 0 aromatic rings. The van der Waals surface area contributed by atoms with E-state index < -0.39 is 0 Å². The van der Waals surface area contributed by atoms with Gasteiger partial charge in [0.25, 0.3) is 0 Å². The van der Waals surface area contributed by atoms with Crippen molar-refractivity contribution in [2.75, 3.05) is 6.61 Å². The molecule has 76 valence electrons. The lowest BCUT2D eigenvalue weighted by Gasteiger charge is -2.21. The Morgan fingerprint density at radius 3 is 2.54 bits per heavy atom. The van der Waals surface area contributed by atoms with E-state index in [9.17, 15) is 0 Å². The average Bonchev–Trinajstić information content (AvgIpc) is 2.81. The van der Waals surface area contributed by atoms with Gasteiger partial charge in [-0.1, -0.05) is 11.6 Å². The zero-order valence-electron chi connectivity index (χ0n) is 8.92. The lowest BCUT2D eigenvalue weighted by molar-refractivity contribution is 0.0385. The van der Waals surface area contributed by atoms with Crippen LogP contribution in [0.5, 0.6) is 0 Å². The first-order chi connectivity index (χ1) is 6.15. The molecule has 0 aromatic heterocycles. The molecule has 1 aliphatic rings. The van der Waals surface area contributed by atoms with Crippen LogP contribution in [0.15, 0.2) is 11.6 Å². The van der Waals surface area contributed by atoms with Gasteiger partial charge < -0.3 is 10.5 Å². The maximum atomic E-state index is 6.04. The molecule has 1 rings (SSSR count). The minimum Gasteiger partial charge on any atom is -0.376 e. The highest BCUT2D eigenvalue weighted by Crippen LogP contribution is 2.35. The van der Waals surface area contributed by atoms with E-state index in [-0.39, 0.29) is 12.1 Å². The molecule has 0 saturated heterocycles. The third kappa shape index (κ3) is 3.49. The minimum atomic E-state index is 0.0810. The Kier molecular flexibility index (Phi) is 3.94. The first kappa shape index (κ1) is 10.7. The lowest BCUT2D eigenvalue weighted by Crippen LogP contribution is -2.37. The number of rotatable bonds is 5. The Hall–Kier alpha value is -0.340. The quantitative estimate of drug-likeness (QED) is 0.662. The Bertz CT molecular complexity index is 181. The third-order valence-corrected chi connectivity index (χ3v) is 2.35. The van der Waals surface area contributed by atoms with E-state index in [1.807, 2.05) is 6.92 Å². The molecule has 1 saturated carbocycles. The van der Waals surface area contributed by atoms with Crippen molar-refractivity contribution in [3.8, 4) is 0 Å². The van der Waals surface area contributed by atoms with Crippen molar-refractivity contribution >= 4 is 0 Å². The summed E-state index contributed by atoms with van der Waals surface area (Å²) in [6.45, 7) is 6.96. The minimum absolute atomic E-state index is 0.0810. The van der Waals surface area contributed by atoms with Gasteiger partial charge in [0.2, 0.25) is 0 Å². The number of allylic oxidation sites excluding steroid dienone is 1. The fourth-order valence-electron chi connectivity index (χ4n) is 1.66. The second kappa shape index (κ2) is 4.77. The Balaban J connectivity index is 2.47. The Labute approximate surface area is 81.1 Å². The van der Waals surface area contributed by atoms with Crippen LogP contribution in [0.3, 0.4) is 0 Å². The van der Waals surface area contributed by atoms with Gasteiger partial charge in [0.15, 0.2) is 0 Å². The molecule has 2 heteroatoms. The molecule has 0 radical (unpaired) electrons. The summed E-state index contributed by atoms with van der Waals surface area (Å²) in [5, 5.41) is 0. The first-order valence-electron chi connectivity index (χ1n) is 5.17. The van der Waals surface area contributed by atoms with E-state index in [2.05, 4.69) is 19.9 Å². The topological polar surface area (TPSA) is 35.2 Å². The van der Waals surface area contributed by atoms with Crippen molar-refractivity contribution in [3.63, 3.8) is 0 Å². The highest BCUT2D eigenvalue weighted by molar-refractivity contribution is 5.05. The summed E-state index contributed by atoms with van der Waals surface area (Å²) in [6, 6.07) is 0.0810. The van der Waals surface area contributed by atoms with Crippen molar-refractivity contribution in [2.45, 2.75) is 45.8 Å². The van der Waals surface area contributed by atoms with Crippen molar-refractivity contribution in [2.24, 2.45) is 11.7 Å². The van der Waals surface area contributed by atoms with Crippen LogP contribution in [-0.2, 0) is 4.74 Å². The molecule has 2 atom stereocenters. The molecule has 2 nitrogen and oxygen atoms in total. The Morgan fingerprint density at radius 2 is 2.15 bits per heavy atom. The fraction of sp³-hybridized carbons (Fsp3) is 0.818. The highest BCUT2D eigenvalue weighted by atomic mass is 16.5. The summed E-state index contributed by atoms with van der Waals surface area (Å²) < 4.78 is 5.66. The van der Waals surface area contributed by atoms with Crippen LogP contribution in [0.1, 0.15) is 33.6 Å². The smallest absolute Gasteiger partial charge is 0.0789 e. The number of hydrogen-bond donors (Lipinski definition) is 1. The molecular weight excluding hydrogens is 162 g/mol. The second-order valence-corrected chi connectivity index (χ2v) is 4.08. The molecule has 1 aliphatic carbocycles. The summed E-state index contributed by atoms with van der Waals surface area (Å²) in [5.41, 5.74) is 7.32. The first-order valence-corrected chi connectivity index (χ1v) is 5.17. The van der Waals surface area contributed by atoms with Crippen LogP contribution in [0, 0.1) is 5.92 Å². The van der Waals surface area contributed by atoms with Gasteiger partial charge in [-0.15, -0.1) is 0 Å². The normalized spacial score (nSPS) is 20.9. The number of hydrogen-bond acceptors (Lipinski definition) is 2. The lowest BCUT2D eigenvalue weighted by atomic mass is 10.1. The molecule has 0 bridgehead atoms. The molecule has 0 spiro atoms. The van der Waals surface area contributed by atoms with Gasteiger partial charge >= 0.3 is 0 Å². The maximum Gasteiger partial charge on any atom is 0.0789 e. The van der Waals surface area contributed by atoms with Gasteiger partial charge in [0.1, 0.15) is 0 Å². The second-order valence-electron chi connectivity index (χ2n) is 4.08. The SMILES string of the molecule is CCOC(C(N)C=C(C)C)C1CC1. The van der Waals surface area contributed by atoms with Crippen molar-refractivity contribution in [1.29, 1.82) is 0 Å². The van der Waals surface area contributed by atoms with Crippen LogP contribution in [0.25, 0.3) is 0 Å². The monoisotopic (exact) mass is 183 g/mol. The number of ether oxygens (including phenoxy) is 1. The Morgan fingerprint density at radius 1 is 1.54 bits per heavy atom. The highest BCUT2D eigenvalue weighted by Gasteiger charge is 2.34. The van der Waals surface area contributed by atoms with E-state index >= 15 is 0 Å². The van der Waals surface area contributed by atoms with Crippen LogP contribution in [0.2, 0.25) is 0 Å². The maximum absolute atomic E-state index is 6.04.